The fourth-order valence-electron chi connectivity index (χ4n) is 4.36. The molecule has 5 rings (SSSR count). The van der Waals surface area contributed by atoms with E-state index in [4.69, 9.17) is 40.2 Å². The predicted molar refractivity (Wildman–Crippen MR) is 148 cm³/mol. The molecule has 0 radical (unpaired) electrons. The average molecular weight is 553 g/mol. The van der Waals surface area contributed by atoms with Crippen molar-refractivity contribution in [1.82, 2.24) is 19.9 Å². The third-order valence-corrected chi connectivity index (χ3v) is 6.77. The number of benzene rings is 1. The number of thiocarbonyl (C=S) groups is 1. The van der Waals surface area contributed by atoms with Crippen molar-refractivity contribution in [3.63, 3.8) is 0 Å². The summed E-state index contributed by atoms with van der Waals surface area (Å²) in [5.41, 5.74) is 3.01. The molecule has 0 aliphatic carbocycles. The smallest absolute Gasteiger partial charge is 0.250 e. The van der Waals surface area contributed by atoms with Crippen LogP contribution in [-0.2, 0) is 9.53 Å². The van der Waals surface area contributed by atoms with Crippen molar-refractivity contribution in [2.75, 3.05) is 23.9 Å². The number of hydrogen-bond donors (Lipinski definition) is 2. The third kappa shape index (κ3) is 5.17. The van der Waals surface area contributed by atoms with E-state index in [1.165, 1.54) is 7.11 Å². The van der Waals surface area contributed by atoms with Crippen LogP contribution in [0.15, 0.2) is 79.3 Å². The largest absolute Gasteiger partial charge is 0.375 e. The molecule has 1 aliphatic heterocycles. The zero-order chi connectivity index (χ0) is 25.9. The zero-order valence-electron chi connectivity index (χ0n) is 19.6. The van der Waals surface area contributed by atoms with E-state index < -0.39 is 0 Å². The van der Waals surface area contributed by atoms with Crippen LogP contribution in [0.1, 0.15) is 23.5 Å². The first-order valence-electron chi connectivity index (χ1n) is 11.3. The Bertz CT molecular complexity index is 1430. The maximum atomic E-state index is 12.0. The number of aromatic nitrogens is 3. The molecule has 1 amide bonds. The van der Waals surface area contributed by atoms with Gasteiger partial charge in [-0.05, 0) is 66.8 Å². The van der Waals surface area contributed by atoms with E-state index in [9.17, 15) is 4.79 Å². The van der Waals surface area contributed by atoms with Crippen LogP contribution < -0.4 is 15.5 Å². The second-order valence-electron chi connectivity index (χ2n) is 8.28. The lowest BCUT2D eigenvalue weighted by Crippen LogP contribution is -2.30. The number of halogens is 2. The summed E-state index contributed by atoms with van der Waals surface area (Å²) < 4.78 is 6.89. The van der Waals surface area contributed by atoms with Crippen molar-refractivity contribution < 1.29 is 9.53 Å². The van der Waals surface area contributed by atoms with Crippen LogP contribution in [-0.4, -0.2) is 39.3 Å². The Morgan fingerprint density at radius 2 is 2.00 bits per heavy atom. The maximum absolute atomic E-state index is 12.0. The van der Waals surface area contributed by atoms with Crippen LogP contribution in [0.2, 0.25) is 10.0 Å². The van der Waals surface area contributed by atoms with Gasteiger partial charge in [-0.3, -0.25) is 9.78 Å². The van der Waals surface area contributed by atoms with Gasteiger partial charge in [-0.25, -0.2) is 4.98 Å². The molecule has 1 fully saturated rings. The predicted octanol–water partition coefficient (Wildman–Crippen LogP) is 5.34. The summed E-state index contributed by atoms with van der Waals surface area (Å²) in [4.78, 5) is 23.1. The number of hydrogen-bond acceptors (Lipinski definition) is 5. The van der Waals surface area contributed by atoms with Gasteiger partial charge in [0.2, 0.25) is 5.91 Å². The summed E-state index contributed by atoms with van der Waals surface area (Å²) in [5.74, 6) is 0.424. The van der Waals surface area contributed by atoms with Gasteiger partial charge in [0.25, 0.3) is 0 Å². The minimum Gasteiger partial charge on any atom is -0.375 e. The first-order chi connectivity index (χ1) is 18.0. The topological polar surface area (TPSA) is 84.3 Å². The van der Waals surface area contributed by atoms with Gasteiger partial charge in [0.05, 0.1) is 27.5 Å². The van der Waals surface area contributed by atoms with Crippen LogP contribution >= 0.6 is 35.4 Å². The monoisotopic (exact) mass is 552 g/mol. The van der Waals surface area contributed by atoms with E-state index in [0.29, 0.717) is 20.8 Å². The Hall–Kier alpha value is -3.50. The molecule has 1 aromatic carbocycles. The van der Waals surface area contributed by atoms with Gasteiger partial charge >= 0.3 is 0 Å². The van der Waals surface area contributed by atoms with Gasteiger partial charge in [-0.1, -0.05) is 29.3 Å². The molecule has 0 unspecified atom stereocenters. The molecule has 188 valence electrons. The standard InChI is InChI=1S/C26H22Cl2N6O2S/c1-36-15-23(35)31-19-9-8-17(13-18(19)28)34-25(24(32-26(34)37)20-5-2-3-11-29-20)21-6-4-12-33(21)22-10-7-16(27)14-30-22/h2-14,24-25H,15H2,1H3,(H,31,35)(H,32,37)/t24-,25+/m0/s1. The van der Waals surface area contributed by atoms with E-state index in [-0.39, 0.29) is 24.6 Å². The Kier molecular flexibility index (Phi) is 7.38. The molecule has 4 heterocycles. The third-order valence-electron chi connectivity index (χ3n) is 5.92. The number of anilines is 2. The Morgan fingerprint density at radius 3 is 2.70 bits per heavy atom. The molecule has 2 N–H and O–H groups in total. The highest BCUT2D eigenvalue weighted by Crippen LogP contribution is 2.43. The van der Waals surface area contributed by atoms with E-state index in [0.717, 1.165) is 22.9 Å². The molecular weight excluding hydrogens is 531 g/mol. The number of methoxy groups -OCH3 is 1. The molecule has 4 aromatic rings. The van der Waals surface area contributed by atoms with Crippen molar-refractivity contribution in [1.29, 1.82) is 0 Å². The quantitative estimate of drug-likeness (QED) is 0.299. The molecule has 2 atom stereocenters. The van der Waals surface area contributed by atoms with Gasteiger partial charge in [0, 0.05) is 37.1 Å². The number of amides is 1. The molecule has 8 nitrogen and oxygen atoms in total. The summed E-state index contributed by atoms with van der Waals surface area (Å²) in [7, 11) is 1.46. The van der Waals surface area contributed by atoms with E-state index in [1.807, 2.05) is 58.1 Å². The summed E-state index contributed by atoms with van der Waals surface area (Å²) in [6.45, 7) is -0.0677. The van der Waals surface area contributed by atoms with Gasteiger partial charge < -0.3 is 24.8 Å². The van der Waals surface area contributed by atoms with Crippen molar-refractivity contribution in [3.8, 4) is 5.82 Å². The van der Waals surface area contributed by atoms with Crippen molar-refractivity contribution >= 4 is 57.8 Å². The summed E-state index contributed by atoms with van der Waals surface area (Å²) in [5, 5.41) is 7.64. The molecule has 0 spiro atoms. The lowest BCUT2D eigenvalue weighted by atomic mass is 10.0. The van der Waals surface area contributed by atoms with E-state index in [1.54, 1.807) is 30.6 Å². The van der Waals surface area contributed by atoms with E-state index in [2.05, 4.69) is 20.6 Å². The lowest BCUT2D eigenvalue weighted by Gasteiger charge is -2.29. The first kappa shape index (κ1) is 25.2. The molecular formula is C26H22Cl2N6O2S. The van der Waals surface area contributed by atoms with Crippen LogP contribution in [0.3, 0.4) is 0 Å². The number of carbonyl (C=O) groups is 1. The van der Waals surface area contributed by atoms with Gasteiger partial charge in [-0.15, -0.1) is 0 Å². The van der Waals surface area contributed by atoms with Crippen LogP contribution in [0.25, 0.3) is 5.82 Å². The SMILES string of the molecule is COCC(=O)Nc1ccc(N2C(=S)N[C@@H](c3ccccn3)[C@H]2c2cccn2-c2ccc(Cl)cn2)cc1Cl. The van der Waals surface area contributed by atoms with Crippen LogP contribution in [0.5, 0.6) is 0 Å². The Morgan fingerprint density at radius 1 is 1.14 bits per heavy atom. The van der Waals surface area contributed by atoms with Crippen molar-refractivity contribution in [2.45, 2.75) is 12.1 Å². The lowest BCUT2D eigenvalue weighted by molar-refractivity contribution is -0.119. The average Bonchev–Trinajstić information content (AvgIpc) is 3.51. The van der Waals surface area contributed by atoms with Crippen molar-refractivity contribution in [2.24, 2.45) is 0 Å². The van der Waals surface area contributed by atoms with Gasteiger partial charge in [-0.2, -0.15) is 0 Å². The van der Waals surface area contributed by atoms with Crippen LogP contribution in [0, 0.1) is 0 Å². The molecule has 0 saturated carbocycles. The first-order valence-corrected chi connectivity index (χ1v) is 12.5. The summed E-state index contributed by atoms with van der Waals surface area (Å²) in [6, 6.07) is 18.3. The number of rotatable bonds is 7. The zero-order valence-corrected chi connectivity index (χ0v) is 22.0. The molecule has 3 aromatic heterocycles. The number of carbonyl (C=O) groups excluding carboxylic acids is 1. The normalized spacial score (nSPS) is 17.1. The highest BCUT2D eigenvalue weighted by molar-refractivity contribution is 7.80. The number of ether oxygens (including phenoxy) is 1. The van der Waals surface area contributed by atoms with E-state index >= 15 is 0 Å². The fourth-order valence-corrected chi connectivity index (χ4v) is 5.04. The minimum absolute atomic E-state index is 0.0677. The Balaban J connectivity index is 1.58. The summed E-state index contributed by atoms with van der Waals surface area (Å²) >= 11 is 18.5. The maximum Gasteiger partial charge on any atom is 0.250 e. The fraction of sp³-hybridized carbons (Fsp3) is 0.154. The number of pyridine rings is 2. The molecule has 37 heavy (non-hydrogen) atoms. The molecule has 1 saturated heterocycles. The number of nitrogens with one attached hydrogen (secondary N) is 2. The highest BCUT2D eigenvalue weighted by Gasteiger charge is 2.42. The second kappa shape index (κ2) is 10.9. The van der Waals surface area contributed by atoms with Crippen LogP contribution in [0.4, 0.5) is 11.4 Å². The van der Waals surface area contributed by atoms with Gasteiger partial charge in [0.1, 0.15) is 18.5 Å². The molecule has 11 heteroatoms. The van der Waals surface area contributed by atoms with Gasteiger partial charge in [0.15, 0.2) is 5.11 Å². The molecule has 1 aliphatic rings. The summed E-state index contributed by atoms with van der Waals surface area (Å²) in [6.07, 6.45) is 5.32. The van der Waals surface area contributed by atoms with Crippen molar-refractivity contribution in [3.05, 3.63) is 101 Å². The Labute approximate surface area is 229 Å². The molecule has 0 bridgehead atoms. The minimum atomic E-state index is -0.295. The second-order valence-corrected chi connectivity index (χ2v) is 9.51. The number of nitrogens with zero attached hydrogens (tertiary/aromatic N) is 4. The highest BCUT2D eigenvalue weighted by atomic mass is 35.5.